The molecule has 0 bridgehead atoms. The van der Waals surface area contributed by atoms with Crippen molar-refractivity contribution < 1.29 is 0 Å². The van der Waals surface area contributed by atoms with E-state index in [-0.39, 0.29) is 5.41 Å². The molecular weight excluding hydrogens is 160 g/mol. The second-order valence-corrected chi connectivity index (χ2v) is 3.99. The van der Waals surface area contributed by atoms with Crippen molar-refractivity contribution in [2.45, 2.75) is 26.2 Å². The van der Waals surface area contributed by atoms with Crippen LogP contribution in [0.25, 0.3) is 0 Å². The molecule has 68 valence electrons. The number of nitrogens with one attached hydrogen (secondary N) is 1. The molecule has 0 aliphatic heterocycles. The van der Waals surface area contributed by atoms with Crippen LogP contribution in [0.15, 0.2) is 29.3 Å². The second-order valence-electron chi connectivity index (χ2n) is 3.99. The fourth-order valence-electron chi connectivity index (χ4n) is 1.27. The van der Waals surface area contributed by atoms with Crippen LogP contribution in [0.4, 0.5) is 5.69 Å². The van der Waals surface area contributed by atoms with Gasteiger partial charge in [0.1, 0.15) is 0 Å². The topological polar surface area (TPSA) is 36.2 Å². The molecule has 0 heterocycles. The van der Waals surface area contributed by atoms with E-state index in [2.05, 4.69) is 31.8 Å². The molecule has 2 heteroatoms. The fraction of sp³-hybridized carbons (Fsp3) is 0.364. The van der Waals surface area contributed by atoms with Crippen LogP contribution in [-0.4, -0.2) is 6.01 Å². The largest absolute Gasteiger partial charge is 0.241 e. The van der Waals surface area contributed by atoms with E-state index >= 15 is 0 Å². The highest BCUT2D eigenvalue weighted by Gasteiger charge is 2.16. The Morgan fingerprint density at radius 1 is 1.23 bits per heavy atom. The summed E-state index contributed by atoms with van der Waals surface area (Å²) in [6.07, 6.45) is 0. The van der Waals surface area contributed by atoms with Gasteiger partial charge in [-0.15, -0.1) is 0 Å². The quantitative estimate of drug-likeness (QED) is 0.634. The third-order valence-corrected chi connectivity index (χ3v) is 1.89. The van der Waals surface area contributed by atoms with Crippen molar-refractivity contribution in [3.8, 4) is 0 Å². The normalized spacial score (nSPS) is 10.7. The van der Waals surface area contributed by atoms with E-state index in [1.165, 1.54) is 0 Å². The molecule has 0 aliphatic carbocycles. The zero-order valence-corrected chi connectivity index (χ0v) is 8.26. The molecule has 0 spiro atoms. The van der Waals surface area contributed by atoms with Crippen molar-refractivity contribution in [3.05, 3.63) is 29.8 Å². The Labute approximate surface area is 78.8 Å². The first-order valence-electron chi connectivity index (χ1n) is 4.27. The third-order valence-electron chi connectivity index (χ3n) is 1.89. The Kier molecular flexibility index (Phi) is 2.64. The number of nitrogens with zero attached hydrogens (tertiary/aromatic N) is 1. The number of para-hydroxylation sites is 1. The van der Waals surface area contributed by atoms with Crippen molar-refractivity contribution in [1.82, 2.24) is 0 Å². The molecule has 0 aromatic heterocycles. The highest BCUT2D eigenvalue weighted by Crippen LogP contribution is 2.30. The molecule has 0 atom stereocenters. The van der Waals surface area contributed by atoms with E-state index in [1.54, 1.807) is 0 Å². The average Bonchev–Trinajstić information content (AvgIpc) is 2.04. The van der Waals surface area contributed by atoms with Gasteiger partial charge in [0.05, 0.1) is 11.7 Å². The standard InChI is InChI=1S/C11H14N2/c1-11(2,3)9-6-4-5-7-10(9)13-8-12/h4-7,12H,1-3H3. The summed E-state index contributed by atoms with van der Waals surface area (Å²) in [4.78, 5) is 3.89. The van der Waals surface area contributed by atoms with Crippen LogP contribution in [0.1, 0.15) is 26.3 Å². The number of hydrogen-bond acceptors (Lipinski definition) is 2. The Morgan fingerprint density at radius 3 is 2.38 bits per heavy atom. The van der Waals surface area contributed by atoms with Crippen LogP contribution in [-0.2, 0) is 5.41 Å². The van der Waals surface area contributed by atoms with Crippen LogP contribution < -0.4 is 0 Å². The summed E-state index contributed by atoms with van der Waals surface area (Å²) in [5, 5.41) is 6.82. The Hall–Kier alpha value is -1.40. The first-order chi connectivity index (χ1) is 6.05. The van der Waals surface area contributed by atoms with Gasteiger partial charge in [-0.25, -0.2) is 5.41 Å². The lowest BCUT2D eigenvalue weighted by molar-refractivity contribution is 0.591. The summed E-state index contributed by atoms with van der Waals surface area (Å²) in [5.41, 5.74) is 2.05. The average molecular weight is 174 g/mol. The molecule has 1 N–H and O–H groups in total. The summed E-state index contributed by atoms with van der Waals surface area (Å²) in [7, 11) is 0. The van der Waals surface area contributed by atoms with Gasteiger partial charge >= 0.3 is 0 Å². The number of benzene rings is 1. The van der Waals surface area contributed by atoms with Crippen molar-refractivity contribution in [3.63, 3.8) is 0 Å². The van der Waals surface area contributed by atoms with Gasteiger partial charge in [0.25, 0.3) is 0 Å². The maximum atomic E-state index is 6.82. The van der Waals surface area contributed by atoms with Crippen LogP contribution in [0.3, 0.4) is 0 Å². The molecule has 0 saturated carbocycles. The Balaban J connectivity index is 3.27. The van der Waals surface area contributed by atoms with Gasteiger partial charge in [-0.3, -0.25) is 0 Å². The van der Waals surface area contributed by atoms with Crippen LogP contribution >= 0.6 is 0 Å². The van der Waals surface area contributed by atoms with Gasteiger partial charge < -0.3 is 0 Å². The van der Waals surface area contributed by atoms with Crippen molar-refractivity contribution in [2.75, 3.05) is 0 Å². The zero-order valence-electron chi connectivity index (χ0n) is 8.26. The van der Waals surface area contributed by atoms with E-state index < -0.39 is 0 Å². The maximum Gasteiger partial charge on any atom is 0.0918 e. The molecule has 0 amide bonds. The Morgan fingerprint density at radius 2 is 1.85 bits per heavy atom. The molecular formula is C11H14N2. The van der Waals surface area contributed by atoms with E-state index in [9.17, 15) is 0 Å². The lowest BCUT2D eigenvalue weighted by atomic mass is 9.86. The maximum absolute atomic E-state index is 6.82. The predicted molar refractivity (Wildman–Crippen MR) is 55.0 cm³/mol. The highest BCUT2D eigenvalue weighted by atomic mass is 14.7. The summed E-state index contributed by atoms with van der Waals surface area (Å²) < 4.78 is 0. The van der Waals surface area contributed by atoms with Crippen molar-refractivity contribution in [1.29, 1.82) is 5.41 Å². The first kappa shape index (κ1) is 9.69. The van der Waals surface area contributed by atoms with Gasteiger partial charge in [-0.1, -0.05) is 39.0 Å². The SMILES string of the molecule is CC(C)(C)c1ccccc1N=C=N. The highest BCUT2D eigenvalue weighted by molar-refractivity contribution is 5.56. The van der Waals surface area contributed by atoms with E-state index in [0.717, 1.165) is 11.3 Å². The summed E-state index contributed by atoms with van der Waals surface area (Å²) in [6, 6.07) is 9.93. The van der Waals surface area contributed by atoms with Crippen molar-refractivity contribution in [2.24, 2.45) is 4.99 Å². The molecule has 0 unspecified atom stereocenters. The Bertz CT molecular complexity index is 341. The summed E-state index contributed by atoms with van der Waals surface area (Å²) in [6.45, 7) is 6.39. The van der Waals surface area contributed by atoms with Gasteiger partial charge in [-0.2, -0.15) is 4.99 Å². The molecule has 0 fully saturated rings. The number of hydrogen-bond donors (Lipinski definition) is 1. The molecule has 2 nitrogen and oxygen atoms in total. The van der Waals surface area contributed by atoms with E-state index in [4.69, 9.17) is 5.41 Å². The fourth-order valence-corrected chi connectivity index (χ4v) is 1.27. The lowest BCUT2D eigenvalue weighted by Crippen LogP contribution is -2.10. The minimum atomic E-state index is 0.0664. The first-order valence-corrected chi connectivity index (χ1v) is 4.27. The van der Waals surface area contributed by atoms with Crippen molar-refractivity contribution >= 4 is 11.7 Å². The van der Waals surface area contributed by atoms with Crippen LogP contribution in [0, 0.1) is 5.41 Å². The summed E-state index contributed by atoms with van der Waals surface area (Å²) >= 11 is 0. The second kappa shape index (κ2) is 3.55. The summed E-state index contributed by atoms with van der Waals surface area (Å²) in [5.74, 6) is 0. The molecule has 1 aromatic carbocycles. The third kappa shape index (κ3) is 2.27. The zero-order chi connectivity index (χ0) is 9.90. The molecule has 1 rings (SSSR count). The minimum Gasteiger partial charge on any atom is -0.241 e. The van der Waals surface area contributed by atoms with Gasteiger partial charge in [-0.05, 0) is 17.0 Å². The van der Waals surface area contributed by atoms with Crippen LogP contribution in [0.2, 0.25) is 0 Å². The van der Waals surface area contributed by atoms with E-state index in [1.807, 2.05) is 24.3 Å². The van der Waals surface area contributed by atoms with Crippen LogP contribution in [0.5, 0.6) is 0 Å². The minimum absolute atomic E-state index is 0.0664. The number of rotatable bonds is 1. The molecule has 13 heavy (non-hydrogen) atoms. The molecule has 0 radical (unpaired) electrons. The molecule has 0 aliphatic rings. The van der Waals surface area contributed by atoms with Gasteiger partial charge in [0, 0.05) is 0 Å². The van der Waals surface area contributed by atoms with Gasteiger partial charge in [0.2, 0.25) is 0 Å². The predicted octanol–water partition coefficient (Wildman–Crippen LogP) is 3.37. The smallest absolute Gasteiger partial charge is 0.0918 e. The molecule has 1 aromatic rings. The van der Waals surface area contributed by atoms with E-state index in [0.29, 0.717) is 0 Å². The van der Waals surface area contributed by atoms with Gasteiger partial charge in [0.15, 0.2) is 0 Å². The lowest BCUT2D eigenvalue weighted by Gasteiger charge is -2.20. The molecule has 0 saturated heterocycles. The monoisotopic (exact) mass is 174 g/mol. The number of aliphatic imine (C=N–C) groups is 1.